The second-order valence-electron chi connectivity index (χ2n) is 6.51. The Labute approximate surface area is 123 Å². The molecule has 0 bridgehead atoms. The average molecular weight is 281 g/mol. The van der Waals surface area contributed by atoms with Gasteiger partial charge in [0.1, 0.15) is 0 Å². The molecule has 0 spiro atoms. The van der Waals surface area contributed by atoms with Crippen LogP contribution in [0.4, 0.5) is 0 Å². The fraction of sp³-hybridized carbons (Fsp3) is 0.938. The fourth-order valence-electron chi connectivity index (χ4n) is 3.53. The molecule has 2 aliphatic carbocycles. The molecule has 0 aromatic rings. The topological polar surface area (TPSA) is 58.4 Å². The van der Waals surface area contributed by atoms with Gasteiger partial charge in [0.15, 0.2) is 0 Å². The van der Waals surface area contributed by atoms with Crippen molar-refractivity contribution in [2.45, 2.75) is 76.3 Å². The number of amides is 1. The lowest BCUT2D eigenvalue weighted by molar-refractivity contribution is -0.121. The van der Waals surface area contributed by atoms with Crippen LogP contribution >= 0.6 is 0 Å². The molecule has 2 fully saturated rings. The molecular weight excluding hydrogens is 250 g/mol. The van der Waals surface area contributed by atoms with Gasteiger partial charge in [0.05, 0.1) is 0 Å². The van der Waals surface area contributed by atoms with Gasteiger partial charge in [-0.3, -0.25) is 9.69 Å². The number of nitrogens with one attached hydrogen (secondary N) is 1. The van der Waals surface area contributed by atoms with Crippen LogP contribution in [0.25, 0.3) is 0 Å². The number of rotatable bonds is 7. The van der Waals surface area contributed by atoms with Gasteiger partial charge in [0.25, 0.3) is 0 Å². The molecule has 3 N–H and O–H groups in total. The zero-order chi connectivity index (χ0) is 14.4. The molecule has 0 radical (unpaired) electrons. The van der Waals surface area contributed by atoms with E-state index in [1.807, 2.05) is 0 Å². The lowest BCUT2D eigenvalue weighted by Gasteiger charge is -2.43. The Morgan fingerprint density at radius 3 is 2.40 bits per heavy atom. The van der Waals surface area contributed by atoms with Crippen molar-refractivity contribution in [3.8, 4) is 0 Å². The van der Waals surface area contributed by atoms with E-state index in [2.05, 4.69) is 17.1 Å². The van der Waals surface area contributed by atoms with Crippen molar-refractivity contribution in [3.63, 3.8) is 0 Å². The average Bonchev–Trinajstić information content (AvgIpc) is 3.26. The normalized spacial score (nSPS) is 22.6. The summed E-state index contributed by atoms with van der Waals surface area (Å²) in [4.78, 5) is 14.4. The zero-order valence-electron chi connectivity index (χ0n) is 13.0. The Morgan fingerprint density at radius 1 is 1.25 bits per heavy atom. The van der Waals surface area contributed by atoms with Crippen LogP contribution in [0.3, 0.4) is 0 Å². The Morgan fingerprint density at radius 2 is 1.90 bits per heavy atom. The first-order chi connectivity index (χ1) is 9.70. The van der Waals surface area contributed by atoms with Crippen LogP contribution in [-0.2, 0) is 4.79 Å². The largest absolute Gasteiger partial charge is 0.353 e. The molecule has 2 aliphatic rings. The molecular formula is C16H31N3O. The van der Waals surface area contributed by atoms with Crippen LogP contribution in [0, 0.1) is 0 Å². The molecule has 1 amide bonds. The van der Waals surface area contributed by atoms with Crippen molar-refractivity contribution >= 4 is 5.91 Å². The van der Waals surface area contributed by atoms with Gasteiger partial charge < -0.3 is 11.1 Å². The third-order valence-corrected chi connectivity index (χ3v) is 5.02. The van der Waals surface area contributed by atoms with E-state index >= 15 is 0 Å². The van der Waals surface area contributed by atoms with Gasteiger partial charge in [-0.1, -0.05) is 32.6 Å². The van der Waals surface area contributed by atoms with Crippen LogP contribution in [-0.4, -0.2) is 42.0 Å². The standard InChI is InChI=1S/C16H31N3O/c1-2-19(12-9-15(20)18-14-7-8-14)16(13-17)10-5-3-4-6-11-16/h14H,2-13,17H2,1H3,(H,18,20). The zero-order valence-corrected chi connectivity index (χ0v) is 13.0. The quantitative estimate of drug-likeness (QED) is 0.702. The predicted molar refractivity (Wildman–Crippen MR) is 82.5 cm³/mol. The number of likely N-dealkylation sites (N-methyl/N-ethyl adjacent to an activating group) is 1. The summed E-state index contributed by atoms with van der Waals surface area (Å²) in [6.45, 7) is 4.77. The predicted octanol–water partition coefficient (Wildman–Crippen LogP) is 2.03. The van der Waals surface area contributed by atoms with Gasteiger partial charge in [-0.25, -0.2) is 0 Å². The number of hydrogen-bond acceptors (Lipinski definition) is 3. The molecule has 0 aromatic carbocycles. The first-order valence-corrected chi connectivity index (χ1v) is 8.44. The van der Waals surface area contributed by atoms with Crippen LogP contribution in [0.1, 0.15) is 64.7 Å². The van der Waals surface area contributed by atoms with Crippen molar-refractivity contribution in [1.29, 1.82) is 0 Å². The summed E-state index contributed by atoms with van der Waals surface area (Å²) in [7, 11) is 0. The lowest BCUT2D eigenvalue weighted by atomic mass is 9.88. The molecule has 0 atom stereocenters. The van der Waals surface area contributed by atoms with E-state index in [0.29, 0.717) is 12.5 Å². The van der Waals surface area contributed by atoms with Crippen molar-refractivity contribution < 1.29 is 4.79 Å². The van der Waals surface area contributed by atoms with E-state index in [4.69, 9.17) is 5.73 Å². The number of nitrogens with zero attached hydrogens (tertiary/aromatic N) is 1. The molecule has 20 heavy (non-hydrogen) atoms. The van der Waals surface area contributed by atoms with E-state index in [0.717, 1.165) is 32.5 Å². The molecule has 116 valence electrons. The van der Waals surface area contributed by atoms with E-state index in [1.54, 1.807) is 0 Å². The maximum absolute atomic E-state index is 11.9. The maximum atomic E-state index is 11.9. The molecule has 0 unspecified atom stereocenters. The number of nitrogens with two attached hydrogens (primary N) is 1. The summed E-state index contributed by atoms with van der Waals surface area (Å²) in [6, 6.07) is 0.471. The second kappa shape index (κ2) is 7.41. The van der Waals surface area contributed by atoms with Crippen LogP contribution in [0.5, 0.6) is 0 Å². The molecule has 0 aromatic heterocycles. The van der Waals surface area contributed by atoms with Gasteiger partial charge in [0, 0.05) is 31.1 Å². The summed E-state index contributed by atoms with van der Waals surface area (Å²) in [5, 5.41) is 3.08. The SMILES string of the molecule is CCN(CCC(=O)NC1CC1)C1(CN)CCCCCC1. The summed E-state index contributed by atoms with van der Waals surface area (Å²) in [5.41, 5.74) is 6.28. The first kappa shape index (κ1) is 15.8. The summed E-state index contributed by atoms with van der Waals surface area (Å²) in [5.74, 6) is 0.215. The van der Waals surface area contributed by atoms with E-state index in [9.17, 15) is 4.79 Å². The molecule has 0 aliphatic heterocycles. The minimum absolute atomic E-state index is 0.144. The van der Waals surface area contributed by atoms with Gasteiger partial charge in [-0.15, -0.1) is 0 Å². The molecule has 0 saturated heterocycles. The van der Waals surface area contributed by atoms with Crippen molar-refractivity contribution in [2.75, 3.05) is 19.6 Å². The Bertz CT molecular complexity index is 307. The number of hydrogen-bond donors (Lipinski definition) is 2. The summed E-state index contributed by atoms with van der Waals surface area (Å²) < 4.78 is 0. The first-order valence-electron chi connectivity index (χ1n) is 8.44. The van der Waals surface area contributed by atoms with E-state index in [-0.39, 0.29) is 11.4 Å². The van der Waals surface area contributed by atoms with E-state index < -0.39 is 0 Å². The minimum Gasteiger partial charge on any atom is -0.353 e. The monoisotopic (exact) mass is 281 g/mol. The smallest absolute Gasteiger partial charge is 0.221 e. The molecule has 2 saturated carbocycles. The number of carbonyl (C=O) groups is 1. The molecule has 2 rings (SSSR count). The molecule has 4 nitrogen and oxygen atoms in total. The highest BCUT2D eigenvalue weighted by atomic mass is 16.1. The number of carbonyl (C=O) groups excluding carboxylic acids is 1. The van der Waals surface area contributed by atoms with Crippen LogP contribution in [0.2, 0.25) is 0 Å². The van der Waals surface area contributed by atoms with Crippen LogP contribution in [0.15, 0.2) is 0 Å². The van der Waals surface area contributed by atoms with Gasteiger partial charge in [0.2, 0.25) is 5.91 Å². The minimum atomic E-state index is 0.144. The fourth-order valence-corrected chi connectivity index (χ4v) is 3.53. The third-order valence-electron chi connectivity index (χ3n) is 5.02. The Kier molecular flexibility index (Phi) is 5.85. The maximum Gasteiger partial charge on any atom is 0.221 e. The highest BCUT2D eigenvalue weighted by Gasteiger charge is 2.35. The third kappa shape index (κ3) is 4.19. The van der Waals surface area contributed by atoms with Gasteiger partial charge in [-0.2, -0.15) is 0 Å². The highest BCUT2D eigenvalue weighted by molar-refractivity contribution is 5.76. The van der Waals surface area contributed by atoms with Gasteiger partial charge in [-0.05, 0) is 32.2 Å². The van der Waals surface area contributed by atoms with Crippen molar-refractivity contribution in [2.24, 2.45) is 5.73 Å². The Balaban J connectivity index is 1.87. The molecule has 4 heteroatoms. The van der Waals surface area contributed by atoms with Crippen molar-refractivity contribution in [1.82, 2.24) is 10.2 Å². The highest BCUT2D eigenvalue weighted by Crippen LogP contribution is 2.32. The van der Waals surface area contributed by atoms with Crippen LogP contribution < -0.4 is 11.1 Å². The Hall–Kier alpha value is -0.610. The lowest BCUT2D eigenvalue weighted by Crippen LogP contribution is -2.54. The molecule has 0 heterocycles. The van der Waals surface area contributed by atoms with Gasteiger partial charge >= 0.3 is 0 Å². The van der Waals surface area contributed by atoms with E-state index in [1.165, 1.54) is 38.5 Å². The van der Waals surface area contributed by atoms with Crippen molar-refractivity contribution in [3.05, 3.63) is 0 Å². The summed E-state index contributed by atoms with van der Waals surface area (Å²) in [6.07, 6.45) is 10.6. The summed E-state index contributed by atoms with van der Waals surface area (Å²) >= 11 is 0. The second-order valence-corrected chi connectivity index (χ2v) is 6.51.